The highest BCUT2D eigenvalue weighted by Crippen LogP contribution is 2.43. The number of hydrogen-bond donors (Lipinski definition) is 1. The van der Waals surface area contributed by atoms with Crippen molar-refractivity contribution in [2.45, 2.75) is 13.8 Å². The van der Waals surface area contributed by atoms with Gasteiger partial charge in [0.15, 0.2) is 0 Å². The van der Waals surface area contributed by atoms with Gasteiger partial charge in [-0.15, -0.1) is 0 Å². The normalized spacial score (nSPS) is 11.4. The van der Waals surface area contributed by atoms with Gasteiger partial charge in [0.25, 0.3) is 0 Å². The molecule has 0 unspecified atom stereocenters. The molecule has 0 saturated heterocycles. The lowest BCUT2D eigenvalue weighted by Gasteiger charge is -2.09. The number of carboxylic acids is 1. The highest BCUT2D eigenvalue weighted by atomic mass is 31.2. The van der Waals surface area contributed by atoms with Gasteiger partial charge in [-0.2, -0.15) is 0 Å². The molecule has 0 fully saturated rings. The number of carboxylic acid groups (broad SMARTS) is 1. The number of aliphatic carboxylic acids is 1. The molecule has 0 aromatic rings. The predicted molar refractivity (Wildman–Crippen MR) is 41.2 cm³/mol. The maximum absolute atomic E-state index is 11.4. The van der Waals surface area contributed by atoms with Crippen LogP contribution in [0.15, 0.2) is 0 Å². The Bertz CT molecular complexity index is 156. The molecule has 1 N–H and O–H groups in total. The van der Waals surface area contributed by atoms with Crippen LogP contribution in [0.2, 0.25) is 0 Å². The first kappa shape index (κ1) is 9.70. The minimum Gasteiger partial charge on any atom is -0.481 e. The molecule has 0 aromatic carbocycles. The second-order valence-electron chi connectivity index (χ2n) is 2.24. The van der Waals surface area contributed by atoms with Crippen LogP contribution in [0.25, 0.3) is 0 Å². The van der Waals surface area contributed by atoms with Gasteiger partial charge in [-0.25, -0.2) is 0 Å². The Hall–Kier alpha value is -0.300. The first-order valence-corrected chi connectivity index (χ1v) is 5.59. The molecule has 0 aliphatic rings. The van der Waals surface area contributed by atoms with Gasteiger partial charge in [0.2, 0.25) is 0 Å². The van der Waals surface area contributed by atoms with E-state index in [0.717, 1.165) is 0 Å². The van der Waals surface area contributed by atoms with E-state index in [9.17, 15) is 9.36 Å². The van der Waals surface area contributed by atoms with Crippen molar-refractivity contribution >= 4 is 13.1 Å². The summed E-state index contributed by atoms with van der Waals surface area (Å²) in [6, 6.07) is 0. The molecule has 0 aliphatic carbocycles. The molecule has 3 nitrogen and oxygen atoms in total. The largest absolute Gasteiger partial charge is 0.481 e. The van der Waals surface area contributed by atoms with E-state index in [-0.39, 0.29) is 6.16 Å². The summed E-state index contributed by atoms with van der Waals surface area (Å²) in [5.74, 6) is -0.952. The maximum atomic E-state index is 11.4. The summed E-state index contributed by atoms with van der Waals surface area (Å²) in [4.78, 5) is 10.2. The van der Waals surface area contributed by atoms with E-state index in [2.05, 4.69) is 0 Å². The maximum Gasteiger partial charge on any atom is 0.310 e. The van der Waals surface area contributed by atoms with E-state index in [4.69, 9.17) is 5.11 Å². The SMILES string of the molecule is CCP(=O)(CC)CC(=O)O. The Balaban J connectivity index is 4.07. The zero-order valence-corrected chi connectivity index (χ0v) is 7.23. The van der Waals surface area contributed by atoms with Crippen LogP contribution in [-0.2, 0) is 9.36 Å². The topological polar surface area (TPSA) is 54.4 Å². The molecule has 0 rings (SSSR count). The van der Waals surface area contributed by atoms with Gasteiger partial charge in [0, 0.05) is 0 Å². The summed E-state index contributed by atoms with van der Waals surface area (Å²) in [6.45, 7) is 3.54. The minimum absolute atomic E-state index is 0.153. The van der Waals surface area contributed by atoms with E-state index >= 15 is 0 Å². The molecule has 0 amide bonds. The Morgan fingerprint density at radius 2 is 1.80 bits per heavy atom. The van der Waals surface area contributed by atoms with Crippen LogP contribution in [0.5, 0.6) is 0 Å². The van der Waals surface area contributed by atoms with Gasteiger partial charge >= 0.3 is 5.97 Å². The zero-order chi connectivity index (χ0) is 8.20. The van der Waals surface area contributed by atoms with E-state index in [0.29, 0.717) is 12.3 Å². The van der Waals surface area contributed by atoms with E-state index in [1.807, 2.05) is 0 Å². The van der Waals surface area contributed by atoms with Crippen molar-refractivity contribution in [1.29, 1.82) is 0 Å². The smallest absolute Gasteiger partial charge is 0.310 e. The second-order valence-corrected chi connectivity index (χ2v) is 5.94. The van der Waals surface area contributed by atoms with E-state index in [1.54, 1.807) is 13.8 Å². The third kappa shape index (κ3) is 3.02. The van der Waals surface area contributed by atoms with Gasteiger partial charge in [0.1, 0.15) is 0 Å². The van der Waals surface area contributed by atoms with Crippen LogP contribution in [0, 0.1) is 0 Å². The summed E-state index contributed by atoms with van der Waals surface area (Å²) in [5.41, 5.74) is 0. The average Bonchev–Trinajstić information content (AvgIpc) is 1.87. The van der Waals surface area contributed by atoms with Crippen LogP contribution in [0.4, 0.5) is 0 Å². The number of hydrogen-bond acceptors (Lipinski definition) is 2. The first-order chi connectivity index (χ1) is 4.54. The van der Waals surface area contributed by atoms with E-state index in [1.165, 1.54) is 0 Å². The summed E-state index contributed by atoms with van der Waals surface area (Å²) < 4.78 is 11.4. The van der Waals surface area contributed by atoms with E-state index < -0.39 is 13.1 Å². The minimum atomic E-state index is -2.34. The Morgan fingerprint density at radius 1 is 1.40 bits per heavy atom. The fraction of sp³-hybridized carbons (Fsp3) is 0.833. The zero-order valence-electron chi connectivity index (χ0n) is 6.33. The molecule has 0 bridgehead atoms. The van der Waals surface area contributed by atoms with Gasteiger partial charge in [-0.3, -0.25) is 4.79 Å². The monoisotopic (exact) mass is 164 g/mol. The highest BCUT2D eigenvalue weighted by Gasteiger charge is 2.20. The van der Waals surface area contributed by atoms with Crippen molar-refractivity contribution in [2.24, 2.45) is 0 Å². The van der Waals surface area contributed by atoms with Gasteiger partial charge in [0.05, 0.1) is 13.3 Å². The lowest BCUT2D eigenvalue weighted by atomic mass is 10.8. The quantitative estimate of drug-likeness (QED) is 0.640. The lowest BCUT2D eigenvalue weighted by molar-refractivity contribution is -0.134. The molecular formula is C6H13O3P. The highest BCUT2D eigenvalue weighted by molar-refractivity contribution is 7.64. The summed E-state index contributed by atoms with van der Waals surface area (Å²) in [6.07, 6.45) is 0.839. The molecule has 0 aliphatic heterocycles. The predicted octanol–water partition coefficient (Wildman–Crippen LogP) is 1.47. The molecular weight excluding hydrogens is 151 g/mol. The van der Waals surface area contributed by atoms with Crippen LogP contribution < -0.4 is 0 Å². The van der Waals surface area contributed by atoms with Crippen LogP contribution in [-0.4, -0.2) is 29.6 Å². The Labute approximate surface area is 60.8 Å². The molecule has 0 saturated carbocycles. The van der Waals surface area contributed by atoms with Gasteiger partial charge < -0.3 is 9.67 Å². The van der Waals surface area contributed by atoms with Crippen molar-refractivity contribution in [3.05, 3.63) is 0 Å². The van der Waals surface area contributed by atoms with Gasteiger partial charge in [-0.1, -0.05) is 13.8 Å². The molecule has 0 heterocycles. The molecule has 0 spiro atoms. The van der Waals surface area contributed by atoms with Crippen molar-refractivity contribution in [3.8, 4) is 0 Å². The average molecular weight is 164 g/mol. The van der Waals surface area contributed by atoms with Crippen LogP contribution >= 0.6 is 7.14 Å². The van der Waals surface area contributed by atoms with Crippen LogP contribution in [0.1, 0.15) is 13.8 Å². The fourth-order valence-corrected chi connectivity index (χ4v) is 2.08. The van der Waals surface area contributed by atoms with Crippen molar-refractivity contribution in [3.63, 3.8) is 0 Å². The molecule has 60 valence electrons. The molecule has 0 radical (unpaired) electrons. The Morgan fingerprint density at radius 3 is 1.90 bits per heavy atom. The van der Waals surface area contributed by atoms with Gasteiger partial charge in [-0.05, 0) is 12.3 Å². The first-order valence-electron chi connectivity index (χ1n) is 3.33. The summed E-state index contributed by atoms with van der Waals surface area (Å²) in [7, 11) is -2.34. The van der Waals surface area contributed by atoms with Crippen molar-refractivity contribution in [1.82, 2.24) is 0 Å². The number of carbonyl (C=O) groups is 1. The molecule has 0 aromatic heterocycles. The lowest BCUT2D eigenvalue weighted by Crippen LogP contribution is -2.06. The number of rotatable bonds is 4. The fourth-order valence-electron chi connectivity index (χ4n) is 0.694. The molecule has 4 heteroatoms. The van der Waals surface area contributed by atoms with Crippen LogP contribution in [0.3, 0.4) is 0 Å². The molecule has 0 atom stereocenters. The second kappa shape index (κ2) is 3.77. The van der Waals surface area contributed by atoms with Crippen molar-refractivity contribution < 1.29 is 14.5 Å². The summed E-state index contributed by atoms with van der Waals surface area (Å²) in [5, 5.41) is 8.34. The molecule has 10 heavy (non-hydrogen) atoms. The van der Waals surface area contributed by atoms with Crippen molar-refractivity contribution in [2.75, 3.05) is 18.5 Å². The summed E-state index contributed by atoms with van der Waals surface area (Å²) >= 11 is 0. The Kier molecular flexibility index (Phi) is 3.66. The standard InChI is InChI=1S/C6H13O3P/c1-3-10(9,4-2)5-6(7)8/h3-5H2,1-2H3,(H,7,8). The third-order valence-electron chi connectivity index (χ3n) is 1.58. The third-order valence-corrected chi connectivity index (χ3v) is 4.73.